The van der Waals surface area contributed by atoms with Crippen molar-refractivity contribution in [3.8, 4) is 17.2 Å². The predicted octanol–water partition coefficient (Wildman–Crippen LogP) is 2.79. The number of aromatic nitrogens is 3. The van der Waals surface area contributed by atoms with Crippen LogP contribution in [-0.4, -0.2) is 81.4 Å². The van der Waals surface area contributed by atoms with E-state index in [4.69, 9.17) is 36.3 Å². The minimum atomic E-state index is -5.08. The molecule has 0 aliphatic carbocycles. The molecule has 3 aromatic carbocycles. The lowest BCUT2D eigenvalue weighted by atomic mass is 10.0. The number of nitrogens with two attached hydrogens (primary N) is 2. The Hall–Kier alpha value is -6.33. The number of ether oxygens (including phenoxy) is 2. The van der Waals surface area contributed by atoms with Crippen LogP contribution in [0.4, 0.5) is 18.9 Å². The molecule has 1 aromatic heterocycles. The summed E-state index contributed by atoms with van der Waals surface area (Å²) in [6.07, 6.45) is -3.66. The number of carboxylic acid groups (broad SMARTS) is 1. The number of likely N-dealkylation sites (tertiary alicyclic amines) is 1. The number of aliphatic carboxylic acids is 1. The van der Waals surface area contributed by atoms with E-state index in [1.165, 1.54) is 13.2 Å². The van der Waals surface area contributed by atoms with Gasteiger partial charge in [0.2, 0.25) is 5.91 Å². The quantitative estimate of drug-likeness (QED) is 0.0936. The molecule has 1 unspecified atom stereocenters. The summed E-state index contributed by atoms with van der Waals surface area (Å²) in [5.74, 6) is -2.18. The van der Waals surface area contributed by atoms with Crippen LogP contribution in [0.5, 0.6) is 11.5 Å². The summed E-state index contributed by atoms with van der Waals surface area (Å²) in [7, 11) is 1.52. The smallest absolute Gasteiger partial charge is 0.490 e. The van der Waals surface area contributed by atoms with Crippen LogP contribution in [0.2, 0.25) is 0 Å². The lowest BCUT2D eigenvalue weighted by molar-refractivity contribution is -0.192. The van der Waals surface area contributed by atoms with Gasteiger partial charge in [-0.15, -0.1) is 5.10 Å². The fourth-order valence-electron chi connectivity index (χ4n) is 4.91. The molecule has 2 heterocycles. The maximum absolute atomic E-state index is 13.1. The Morgan fingerprint density at radius 1 is 1.08 bits per heavy atom. The van der Waals surface area contributed by atoms with E-state index >= 15 is 0 Å². The number of rotatable bonds is 12. The van der Waals surface area contributed by atoms with Crippen LogP contribution in [0.25, 0.3) is 5.69 Å². The second-order valence-electron chi connectivity index (χ2n) is 10.7. The Kier molecular flexibility index (Phi) is 11.5. The summed E-state index contributed by atoms with van der Waals surface area (Å²) in [4.78, 5) is 50.5. The van der Waals surface area contributed by atoms with E-state index < -0.39 is 29.8 Å². The van der Waals surface area contributed by atoms with E-state index in [1.54, 1.807) is 59.5 Å². The normalized spacial score (nSPS) is 13.2. The van der Waals surface area contributed by atoms with Gasteiger partial charge in [0.25, 0.3) is 5.91 Å². The molecule has 1 fully saturated rings. The van der Waals surface area contributed by atoms with Crippen molar-refractivity contribution in [2.75, 3.05) is 32.1 Å². The number of nitrogen functional groups attached to an aromatic ring is 1. The largest absolute Gasteiger partial charge is 0.493 e. The SMILES string of the molecule is COc1cc(C(Nc2ccc(C(=N)N)cc2)c2nn(-c3ccccc3C(N)=O)c(=O)[nH]2)ccc1OCCN1CCCC1=O.O=C(O)C(F)(F)F. The van der Waals surface area contributed by atoms with E-state index in [9.17, 15) is 27.6 Å². The second-order valence-corrected chi connectivity index (χ2v) is 10.7. The molecule has 264 valence electrons. The van der Waals surface area contributed by atoms with Gasteiger partial charge < -0.3 is 36.3 Å². The lowest BCUT2D eigenvalue weighted by Crippen LogP contribution is -2.29. The van der Waals surface area contributed by atoms with Gasteiger partial charge in [0, 0.05) is 24.2 Å². The number of hydrogen-bond donors (Lipinski definition) is 6. The van der Waals surface area contributed by atoms with Crippen LogP contribution < -0.4 is 31.9 Å². The van der Waals surface area contributed by atoms with E-state index in [2.05, 4.69) is 15.4 Å². The van der Waals surface area contributed by atoms with Crippen molar-refractivity contribution in [1.29, 1.82) is 5.41 Å². The molecule has 0 radical (unpaired) electrons. The lowest BCUT2D eigenvalue weighted by Gasteiger charge is -2.21. The van der Waals surface area contributed by atoms with E-state index in [1.807, 2.05) is 6.07 Å². The van der Waals surface area contributed by atoms with Crippen molar-refractivity contribution in [2.45, 2.75) is 25.1 Å². The van der Waals surface area contributed by atoms with Gasteiger partial charge in [0.1, 0.15) is 18.5 Å². The molecule has 1 saturated heterocycles. The highest BCUT2D eigenvalue weighted by atomic mass is 19.4. The molecule has 5 rings (SSSR count). The molecule has 15 nitrogen and oxygen atoms in total. The summed E-state index contributed by atoms with van der Waals surface area (Å²) < 4.78 is 44.4. The standard InChI is InChI=1S/C30H32N8O5.C2HF3O2/c1-42-24-17-19(10-13-23(24)43-16-15-37-14-4-7-25(37)39)26(34-20-11-8-18(9-12-20)27(31)32)29-35-30(41)38(36-29)22-6-3-2-5-21(22)28(33)40;3-2(4,5)1(6)7/h2-3,5-6,8-13,17,26,34H,4,7,14-16H2,1H3,(H3,31,32)(H2,33,40)(H,35,36,41);(H,6,7). The van der Waals surface area contributed by atoms with Crippen LogP contribution in [0.1, 0.15) is 46.2 Å². The first kappa shape index (κ1) is 36.5. The third kappa shape index (κ3) is 8.97. The molecule has 2 amide bonds. The number of H-pyrrole nitrogens is 1. The Morgan fingerprint density at radius 3 is 2.34 bits per heavy atom. The van der Waals surface area contributed by atoms with Crippen molar-refractivity contribution >= 4 is 29.3 Å². The number of amidine groups is 1. The van der Waals surface area contributed by atoms with Crippen LogP contribution >= 0.6 is 0 Å². The van der Waals surface area contributed by atoms with Gasteiger partial charge in [-0.25, -0.2) is 9.59 Å². The Morgan fingerprint density at radius 2 is 1.76 bits per heavy atom. The number of benzene rings is 3. The molecule has 18 heteroatoms. The Balaban J connectivity index is 0.000000727. The predicted molar refractivity (Wildman–Crippen MR) is 174 cm³/mol. The third-order valence-electron chi connectivity index (χ3n) is 7.37. The highest BCUT2D eigenvalue weighted by Gasteiger charge is 2.38. The molecular weight excluding hydrogens is 665 g/mol. The second kappa shape index (κ2) is 15.7. The van der Waals surface area contributed by atoms with Gasteiger partial charge >= 0.3 is 17.8 Å². The zero-order valence-corrected chi connectivity index (χ0v) is 26.5. The highest BCUT2D eigenvalue weighted by Crippen LogP contribution is 2.33. The van der Waals surface area contributed by atoms with Gasteiger partial charge in [-0.1, -0.05) is 18.2 Å². The zero-order valence-electron chi connectivity index (χ0n) is 26.5. The number of anilines is 1. The van der Waals surface area contributed by atoms with E-state index in [-0.39, 0.29) is 28.8 Å². The summed E-state index contributed by atoms with van der Waals surface area (Å²) in [5, 5.41) is 22.7. The fraction of sp³-hybridized carbons (Fsp3) is 0.250. The van der Waals surface area contributed by atoms with E-state index in [0.29, 0.717) is 47.9 Å². The van der Waals surface area contributed by atoms with E-state index in [0.717, 1.165) is 17.6 Å². The van der Waals surface area contributed by atoms with Crippen LogP contribution in [0, 0.1) is 5.41 Å². The number of carbonyl (C=O) groups excluding carboxylic acids is 2. The molecule has 8 N–H and O–H groups in total. The van der Waals surface area contributed by atoms with Gasteiger partial charge in [0.15, 0.2) is 17.3 Å². The van der Waals surface area contributed by atoms with Gasteiger partial charge in [-0.3, -0.25) is 20.0 Å². The Labute approximate surface area is 282 Å². The number of carboxylic acids is 1. The van der Waals surface area contributed by atoms with Crippen LogP contribution in [-0.2, 0) is 9.59 Å². The third-order valence-corrected chi connectivity index (χ3v) is 7.37. The number of carbonyl (C=O) groups is 3. The van der Waals surface area contributed by atoms with Crippen LogP contribution in [0.15, 0.2) is 71.5 Å². The molecular formula is C32H33F3N8O7. The monoisotopic (exact) mass is 698 g/mol. The molecule has 0 spiro atoms. The maximum Gasteiger partial charge on any atom is 0.490 e. The minimum Gasteiger partial charge on any atom is -0.493 e. The maximum atomic E-state index is 13.1. The number of halogens is 3. The van der Waals surface area contributed by atoms with Gasteiger partial charge in [-0.2, -0.15) is 17.9 Å². The molecule has 0 bridgehead atoms. The summed E-state index contributed by atoms with van der Waals surface area (Å²) in [5.41, 5.74) is 12.9. The molecule has 0 saturated carbocycles. The van der Waals surface area contributed by atoms with Gasteiger partial charge in [-0.05, 0) is 60.5 Å². The number of hydrogen-bond acceptors (Lipinski definition) is 9. The first-order valence-electron chi connectivity index (χ1n) is 14.9. The van der Waals surface area contributed by atoms with Crippen LogP contribution in [0.3, 0.4) is 0 Å². The average molecular weight is 699 g/mol. The number of alkyl halides is 3. The number of primary amides is 1. The fourth-order valence-corrected chi connectivity index (χ4v) is 4.91. The summed E-state index contributed by atoms with van der Waals surface area (Å²) in [6, 6.07) is 18.0. The number of nitrogens with one attached hydrogen (secondary N) is 3. The zero-order chi connectivity index (χ0) is 36.6. The highest BCUT2D eigenvalue weighted by molar-refractivity contribution is 5.96. The Bertz CT molecular complexity index is 1930. The summed E-state index contributed by atoms with van der Waals surface area (Å²) >= 11 is 0. The number of nitrogens with zero attached hydrogens (tertiary/aromatic N) is 3. The molecule has 1 atom stereocenters. The van der Waals surface area contributed by atoms with Crippen molar-refractivity contribution in [3.63, 3.8) is 0 Å². The number of para-hydroxylation sites is 1. The minimum absolute atomic E-state index is 0.0614. The topological polar surface area (TPSA) is 232 Å². The number of aromatic amines is 1. The first-order chi connectivity index (χ1) is 23.7. The van der Waals surface area contributed by atoms with Crippen molar-refractivity contribution in [1.82, 2.24) is 19.7 Å². The average Bonchev–Trinajstić information content (AvgIpc) is 3.68. The summed E-state index contributed by atoms with van der Waals surface area (Å²) in [6.45, 7) is 1.52. The molecule has 4 aromatic rings. The number of methoxy groups -OCH3 is 1. The number of amides is 2. The van der Waals surface area contributed by atoms with Crippen molar-refractivity contribution in [2.24, 2.45) is 11.5 Å². The molecule has 50 heavy (non-hydrogen) atoms. The van der Waals surface area contributed by atoms with Gasteiger partial charge in [0.05, 0.1) is 24.9 Å². The van der Waals surface area contributed by atoms with Crippen molar-refractivity contribution in [3.05, 3.63) is 99.7 Å². The molecule has 1 aliphatic heterocycles. The molecule has 1 aliphatic rings. The first-order valence-corrected chi connectivity index (χ1v) is 14.9. The van der Waals surface area contributed by atoms with Crippen molar-refractivity contribution < 1.29 is 42.1 Å².